The van der Waals surface area contributed by atoms with Gasteiger partial charge in [-0.05, 0) is 19.3 Å². The van der Waals surface area contributed by atoms with Crippen LogP contribution in [0.4, 0.5) is 4.79 Å². The van der Waals surface area contributed by atoms with E-state index in [1.54, 1.807) is 14.1 Å². The lowest BCUT2D eigenvalue weighted by Crippen LogP contribution is -2.32. The molecule has 0 aromatic carbocycles. The molecule has 4 heteroatoms. The van der Waals surface area contributed by atoms with Crippen LogP contribution in [0.15, 0.2) is 5.10 Å². The predicted octanol–water partition coefficient (Wildman–Crippen LogP) is 0.798. The fourth-order valence-electron chi connectivity index (χ4n) is 0.674. The number of nitrogens with zero attached hydrogens (tertiary/aromatic N) is 2. The number of hydrogen-bond acceptors (Lipinski definition) is 2. The van der Waals surface area contributed by atoms with Crippen LogP contribution in [0.3, 0.4) is 0 Å². The zero-order valence-corrected chi connectivity index (χ0v) is 6.92. The third kappa shape index (κ3) is 2.22. The normalized spacial score (nSPS) is 15.3. The summed E-state index contributed by atoms with van der Waals surface area (Å²) in [4.78, 5) is 12.4. The molecule has 0 radical (unpaired) electrons. The lowest BCUT2D eigenvalue weighted by atomic mass is 9.98. The lowest BCUT2D eigenvalue weighted by Gasteiger charge is -2.15. The third-order valence-electron chi connectivity index (χ3n) is 1.65. The van der Waals surface area contributed by atoms with Crippen LogP contribution < -0.4 is 5.43 Å². The molecule has 11 heavy (non-hydrogen) atoms. The van der Waals surface area contributed by atoms with Gasteiger partial charge in [-0.15, -0.1) is 0 Å². The first-order valence-electron chi connectivity index (χ1n) is 3.73. The fraction of sp³-hybridized carbons (Fsp3) is 0.714. The molecule has 0 spiro atoms. The van der Waals surface area contributed by atoms with Crippen molar-refractivity contribution in [2.45, 2.75) is 19.3 Å². The maximum absolute atomic E-state index is 10.9. The van der Waals surface area contributed by atoms with Crippen molar-refractivity contribution in [3.63, 3.8) is 0 Å². The molecule has 1 fully saturated rings. The minimum Gasteiger partial charge on any atom is -0.329 e. The van der Waals surface area contributed by atoms with Crippen molar-refractivity contribution in [2.24, 2.45) is 5.10 Å². The first-order chi connectivity index (χ1) is 5.20. The standard InChI is InChI=1S/C7H13N3O/c1-10(2)7(11)9-8-6-4-3-5-6/h3-5H2,1-2H3,(H,9,11). The molecule has 0 aromatic rings. The molecule has 1 saturated carbocycles. The Labute approximate surface area is 66.3 Å². The highest BCUT2D eigenvalue weighted by Crippen LogP contribution is 2.13. The quantitative estimate of drug-likeness (QED) is 0.559. The smallest absolute Gasteiger partial charge is 0.329 e. The van der Waals surface area contributed by atoms with Crippen molar-refractivity contribution in [1.82, 2.24) is 10.3 Å². The summed E-state index contributed by atoms with van der Waals surface area (Å²) >= 11 is 0. The van der Waals surface area contributed by atoms with Gasteiger partial charge < -0.3 is 4.90 Å². The van der Waals surface area contributed by atoms with Crippen LogP contribution in [0.1, 0.15) is 19.3 Å². The van der Waals surface area contributed by atoms with E-state index in [1.807, 2.05) is 0 Å². The molecule has 4 nitrogen and oxygen atoms in total. The summed E-state index contributed by atoms with van der Waals surface area (Å²) < 4.78 is 0. The van der Waals surface area contributed by atoms with Crippen LogP contribution in [0.5, 0.6) is 0 Å². The van der Waals surface area contributed by atoms with E-state index in [0.717, 1.165) is 18.6 Å². The Morgan fingerprint density at radius 1 is 1.55 bits per heavy atom. The second-order valence-corrected chi connectivity index (χ2v) is 2.84. The minimum absolute atomic E-state index is 0.163. The van der Waals surface area contributed by atoms with E-state index in [9.17, 15) is 4.79 Å². The van der Waals surface area contributed by atoms with Gasteiger partial charge >= 0.3 is 6.03 Å². The molecule has 0 saturated heterocycles. The van der Waals surface area contributed by atoms with Gasteiger partial charge in [0.1, 0.15) is 0 Å². The average molecular weight is 155 g/mol. The molecule has 62 valence electrons. The Hall–Kier alpha value is -1.06. The Morgan fingerprint density at radius 2 is 2.18 bits per heavy atom. The summed E-state index contributed by atoms with van der Waals surface area (Å²) in [6.07, 6.45) is 3.28. The molecular formula is C7H13N3O. The Balaban J connectivity index is 2.25. The van der Waals surface area contributed by atoms with Crippen LogP contribution in [-0.4, -0.2) is 30.7 Å². The highest BCUT2D eigenvalue weighted by atomic mass is 16.2. The van der Waals surface area contributed by atoms with Crippen molar-refractivity contribution in [3.8, 4) is 0 Å². The molecule has 2 amide bonds. The van der Waals surface area contributed by atoms with Crippen molar-refractivity contribution in [1.29, 1.82) is 0 Å². The zero-order chi connectivity index (χ0) is 8.27. The van der Waals surface area contributed by atoms with E-state index < -0.39 is 0 Å². The van der Waals surface area contributed by atoms with Crippen LogP contribution in [-0.2, 0) is 0 Å². The summed E-state index contributed by atoms with van der Waals surface area (Å²) in [5.74, 6) is 0. The van der Waals surface area contributed by atoms with Crippen LogP contribution in [0.2, 0.25) is 0 Å². The Morgan fingerprint density at radius 3 is 2.55 bits per heavy atom. The summed E-state index contributed by atoms with van der Waals surface area (Å²) in [7, 11) is 3.38. The van der Waals surface area contributed by atoms with Gasteiger partial charge in [0.05, 0.1) is 0 Å². The number of carbonyl (C=O) groups excluding carboxylic acids is 1. The number of nitrogens with one attached hydrogen (secondary N) is 1. The Kier molecular flexibility index (Phi) is 2.46. The Bertz CT molecular complexity index is 180. The number of amides is 2. The largest absolute Gasteiger partial charge is 0.337 e. The van der Waals surface area contributed by atoms with Gasteiger partial charge in [0.25, 0.3) is 0 Å². The SMILES string of the molecule is CN(C)C(=O)NN=C1CCC1. The van der Waals surface area contributed by atoms with E-state index in [2.05, 4.69) is 10.5 Å². The van der Waals surface area contributed by atoms with Crippen molar-refractivity contribution in [3.05, 3.63) is 0 Å². The van der Waals surface area contributed by atoms with Gasteiger partial charge in [-0.25, -0.2) is 10.2 Å². The third-order valence-corrected chi connectivity index (χ3v) is 1.65. The fourth-order valence-corrected chi connectivity index (χ4v) is 0.674. The number of hydrazone groups is 1. The van der Waals surface area contributed by atoms with Gasteiger partial charge in [-0.2, -0.15) is 5.10 Å². The van der Waals surface area contributed by atoms with E-state index >= 15 is 0 Å². The van der Waals surface area contributed by atoms with Gasteiger partial charge in [0.15, 0.2) is 0 Å². The molecule has 1 aliphatic carbocycles. The summed E-state index contributed by atoms with van der Waals surface area (Å²) in [5.41, 5.74) is 3.56. The molecule has 1 aliphatic rings. The second-order valence-electron chi connectivity index (χ2n) is 2.84. The van der Waals surface area contributed by atoms with Gasteiger partial charge in [0, 0.05) is 19.8 Å². The van der Waals surface area contributed by atoms with E-state index in [1.165, 1.54) is 11.3 Å². The molecule has 0 heterocycles. The summed E-state index contributed by atoms with van der Waals surface area (Å²) in [6.45, 7) is 0. The van der Waals surface area contributed by atoms with Crippen LogP contribution in [0.25, 0.3) is 0 Å². The molecular weight excluding hydrogens is 142 g/mol. The zero-order valence-electron chi connectivity index (χ0n) is 6.92. The van der Waals surface area contributed by atoms with Crippen molar-refractivity contribution >= 4 is 11.7 Å². The number of urea groups is 1. The summed E-state index contributed by atoms with van der Waals surface area (Å²) in [6, 6.07) is -0.163. The molecule has 0 bridgehead atoms. The number of hydrogen-bond donors (Lipinski definition) is 1. The molecule has 0 atom stereocenters. The first-order valence-corrected chi connectivity index (χ1v) is 3.73. The van der Waals surface area contributed by atoms with Crippen molar-refractivity contribution < 1.29 is 4.79 Å². The molecule has 0 aromatic heterocycles. The number of carbonyl (C=O) groups is 1. The topological polar surface area (TPSA) is 44.7 Å². The summed E-state index contributed by atoms with van der Waals surface area (Å²) in [5, 5.41) is 3.93. The highest BCUT2D eigenvalue weighted by Gasteiger charge is 2.10. The average Bonchev–Trinajstić information content (AvgIpc) is 1.83. The highest BCUT2D eigenvalue weighted by molar-refractivity contribution is 5.90. The second kappa shape index (κ2) is 3.37. The van der Waals surface area contributed by atoms with E-state index in [-0.39, 0.29) is 6.03 Å². The lowest BCUT2D eigenvalue weighted by molar-refractivity contribution is 0.218. The molecule has 0 unspecified atom stereocenters. The van der Waals surface area contributed by atoms with Crippen LogP contribution in [0, 0.1) is 0 Å². The molecule has 1 N–H and O–H groups in total. The monoisotopic (exact) mass is 155 g/mol. The van der Waals surface area contributed by atoms with E-state index in [0.29, 0.717) is 0 Å². The minimum atomic E-state index is -0.163. The maximum atomic E-state index is 10.9. The van der Waals surface area contributed by atoms with Crippen LogP contribution >= 0.6 is 0 Å². The molecule has 0 aliphatic heterocycles. The van der Waals surface area contributed by atoms with Gasteiger partial charge in [0.2, 0.25) is 0 Å². The predicted molar refractivity (Wildman–Crippen MR) is 43.5 cm³/mol. The number of rotatable bonds is 1. The molecule has 1 rings (SSSR count). The van der Waals surface area contributed by atoms with E-state index in [4.69, 9.17) is 0 Å². The van der Waals surface area contributed by atoms with Gasteiger partial charge in [-0.1, -0.05) is 0 Å². The first kappa shape index (κ1) is 8.04. The maximum Gasteiger partial charge on any atom is 0.337 e. The van der Waals surface area contributed by atoms with Crippen molar-refractivity contribution in [2.75, 3.05) is 14.1 Å². The van der Waals surface area contributed by atoms with Gasteiger partial charge in [-0.3, -0.25) is 0 Å².